The van der Waals surface area contributed by atoms with Crippen molar-refractivity contribution in [3.63, 3.8) is 0 Å². The second-order valence-electron chi connectivity index (χ2n) is 9.28. The van der Waals surface area contributed by atoms with Crippen LogP contribution in [0.5, 0.6) is 0 Å². The summed E-state index contributed by atoms with van der Waals surface area (Å²) >= 11 is 1.47. The van der Waals surface area contributed by atoms with Gasteiger partial charge in [-0.3, -0.25) is 14.8 Å². The zero-order valence-corrected chi connectivity index (χ0v) is 21.9. The molecule has 3 aliphatic heterocycles. The van der Waals surface area contributed by atoms with Gasteiger partial charge in [0.05, 0.1) is 25.3 Å². The molecule has 2 N–H and O–H groups in total. The number of thiazole rings is 1. The van der Waals surface area contributed by atoms with Crippen molar-refractivity contribution in [1.29, 1.82) is 0 Å². The molecule has 2 fully saturated rings. The Balaban J connectivity index is 1.27. The lowest BCUT2D eigenvalue weighted by molar-refractivity contribution is -0.136. The van der Waals surface area contributed by atoms with E-state index >= 15 is 0 Å². The Morgan fingerprint density at radius 2 is 2.03 bits per heavy atom. The van der Waals surface area contributed by atoms with Crippen molar-refractivity contribution in [2.75, 3.05) is 51.3 Å². The molecule has 1 aromatic heterocycles. The molecular weight excluding hydrogens is 508 g/mol. The van der Waals surface area contributed by atoms with E-state index in [0.29, 0.717) is 44.1 Å². The number of benzene rings is 1. The molecule has 0 spiro atoms. The Kier molecular flexibility index (Phi) is 7.25. The molecule has 3 aliphatic rings. The van der Waals surface area contributed by atoms with Crippen LogP contribution in [0, 0.1) is 0 Å². The van der Waals surface area contributed by atoms with Crippen LogP contribution in [0.2, 0.25) is 0 Å². The van der Waals surface area contributed by atoms with E-state index in [1.165, 1.54) is 18.4 Å². The number of aromatic nitrogens is 1. The molecule has 2 aromatic rings. The molecule has 1 aromatic carbocycles. The van der Waals surface area contributed by atoms with Crippen molar-refractivity contribution in [2.45, 2.75) is 13.0 Å². The van der Waals surface area contributed by atoms with Crippen LogP contribution in [0.25, 0.3) is 6.08 Å². The highest BCUT2D eigenvalue weighted by molar-refractivity contribution is 7.11. The van der Waals surface area contributed by atoms with E-state index in [1.54, 1.807) is 24.1 Å². The maximum atomic E-state index is 13.2. The van der Waals surface area contributed by atoms with Crippen LogP contribution in [0.15, 0.2) is 57.7 Å². The summed E-state index contributed by atoms with van der Waals surface area (Å²) in [5.41, 5.74) is 3.02. The lowest BCUT2D eigenvalue weighted by Crippen LogP contribution is -2.53. The van der Waals surface area contributed by atoms with E-state index in [1.807, 2.05) is 34.5 Å². The lowest BCUT2D eigenvalue weighted by Gasteiger charge is -2.37. The van der Waals surface area contributed by atoms with Gasteiger partial charge >= 0.3 is 18.0 Å². The van der Waals surface area contributed by atoms with Crippen LogP contribution in [0.4, 0.5) is 10.5 Å². The molecule has 1 atom stereocenters. The summed E-state index contributed by atoms with van der Waals surface area (Å²) < 4.78 is 4.99. The number of hydrogen-bond acceptors (Lipinski definition) is 9. The summed E-state index contributed by atoms with van der Waals surface area (Å²) in [6.45, 7) is 4.70. The number of amides is 2. The van der Waals surface area contributed by atoms with Gasteiger partial charge in [-0.1, -0.05) is 12.1 Å². The number of aliphatic carboxylic acids is 1. The number of piperazine rings is 1. The molecule has 38 heavy (non-hydrogen) atoms. The zero-order valence-electron chi connectivity index (χ0n) is 21.1. The van der Waals surface area contributed by atoms with E-state index in [0.717, 1.165) is 22.0 Å². The molecule has 2 amide bonds. The Morgan fingerprint density at radius 3 is 2.71 bits per heavy atom. The predicted octanol–water partition coefficient (Wildman–Crippen LogP) is 2.03. The molecule has 11 nitrogen and oxygen atoms in total. The van der Waals surface area contributed by atoms with Gasteiger partial charge in [0.1, 0.15) is 0 Å². The highest BCUT2D eigenvalue weighted by Gasteiger charge is 2.41. The van der Waals surface area contributed by atoms with E-state index in [4.69, 9.17) is 9.84 Å². The van der Waals surface area contributed by atoms with E-state index in [2.05, 4.69) is 20.2 Å². The van der Waals surface area contributed by atoms with Crippen molar-refractivity contribution >= 4 is 46.9 Å². The summed E-state index contributed by atoms with van der Waals surface area (Å²) in [6.07, 6.45) is 3.31. The number of rotatable bonds is 7. The Hall–Kier alpha value is -4.03. The van der Waals surface area contributed by atoms with Crippen molar-refractivity contribution in [3.05, 3.63) is 63.3 Å². The van der Waals surface area contributed by atoms with Gasteiger partial charge in [0.15, 0.2) is 10.8 Å². The van der Waals surface area contributed by atoms with Crippen LogP contribution < -0.4 is 10.2 Å². The molecule has 4 heterocycles. The number of amidine groups is 1. The molecule has 198 valence electrons. The average molecular weight is 537 g/mol. The number of fused-ring (bicyclic) bond motifs is 1. The average Bonchev–Trinajstić information content (AvgIpc) is 3.57. The maximum absolute atomic E-state index is 13.2. The highest BCUT2D eigenvalue weighted by Crippen LogP contribution is 2.28. The highest BCUT2D eigenvalue weighted by atomic mass is 32.1. The second-order valence-corrected chi connectivity index (χ2v) is 10.2. The third-order valence-electron chi connectivity index (χ3n) is 6.84. The smallest absolute Gasteiger partial charge is 0.337 e. The van der Waals surface area contributed by atoms with Crippen LogP contribution in [-0.4, -0.2) is 96.1 Å². The van der Waals surface area contributed by atoms with Gasteiger partial charge in [-0.05, 0) is 30.7 Å². The van der Waals surface area contributed by atoms with Crippen LogP contribution in [0.3, 0.4) is 0 Å². The standard InChI is InChI=1S/C26H28N6O5S/c1-16(24(33)34)11-17-3-5-18(6-4-17)32-14-19-13-30(8-9-31(19)26(32)36)15-21-20(25(35)37-2)12-28-22(29-21)23-27-7-10-38-23/h3-7,10-11,19H,8-9,12-15H2,1-2H3,(H,28,29)(H,33,34)/b16-11+/t19-/m0/s1. The minimum atomic E-state index is -0.963. The number of nitrogens with zero attached hydrogens (tertiary/aromatic N) is 5. The number of carboxylic acids is 1. The Morgan fingerprint density at radius 1 is 1.24 bits per heavy atom. The number of ether oxygens (including phenoxy) is 1. The van der Waals surface area contributed by atoms with E-state index < -0.39 is 11.9 Å². The molecule has 0 unspecified atom stereocenters. The quantitative estimate of drug-likeness (QED) is 0.407. The van der Waals surface area contributed by atoms with E-state index in [9.17, 15) is 14.4 Å². The molecule has 5 rings (SSSR count). The summed E-state index contributed by atoms with van der Waals surface area (Å²) in [6, 6.07) is 7.28. The second kappa shape index (κ2) is 10.8. The normalized spacial score (nSPS) is 20.3. The first-order valence-corrected chi connectivity index (χ1v) is 13.1. The third kappa shape index (κ3) is 5.18. The molecule has 2 saturated heterocycles. The van der Waals surface area contributed by atoms with Crippen LogP contribution >= 0.6 is 11.3 Å². The Bertz CT molecular complexity index is 1330. The summed E-state index contributed by atoms with van der Waals surface area (Å²) in [5.74, 6) is -0.734. The monoisotopic (exact) mass is 536 g/mol. The zero-order chi connectivity index (χ0) is 26.8. The fourth-order valence-electron chi connectivity index (χ4n) is 4.84. The molecule has 0 radical (unpaired) electrons. The number of carbonyl (C=O) groups excluding carboxylic acids is 2. The fraction of sp³-hybridized carbons (Fsp3) is 0.346. The molecule has 0 aliphatic carbocycles. The molecular formula is C26H28N6O5S. The predicted molar refractivity (Wildman–Crippen MR) is 143 cm³/mol. The third-order valence-corrected chi connectivity index (χ3v) is 7.62. The first-order chi connectivity index (χ1) is 18.3. The number of esters is 1. The number of hydrogen-bond donors (Lipinski definition) is 2. The minimum Gasteiger partial charge on any atom is -0.478 e. The largest absolute Gasteiger partial charge is 0.478 e. The van der Waals surface area contributed by atoms with Gasteiger partial charge in [0.2, 0.25) is 0 Å². The fourth-order valence-corrected chi connectivity index (χ4v) is 5.44. The number of methoxy groups -OCH3 is 1. The van der Waals surface area contributed by atoms with Crippen molar-refractivity contribution in [2.24, 2.45) is 4.99 Å². The molecule has 0 saturated carbocycles. The van der Waals surface area contributed by atoms with Gasteiger partial charge < -0.3 is 20.1 Å². The van der Waals surface area contributed by atoms with Gasteiger partial charge in [0.25, 0.3) is 0 Å². The number of aliphatic imine (C=N–C) groups is 1. The lowest BCUT2D eigenvalue weighted by atomic mass is 10.1. The van der Waals surface area contributed by atoms with Crippen molar-refractivity contribution < 1.29 is 24.2 Å². The molecule has 0 bridgehead atoms. The van der Waals surface area contributed by atoms with Crippen molar-refractivity contribution in [3.8, 4) is 0 Å². The minimum absolute atomic E-state index is 0.00273. The SMILES string of the molecule is COC(=O)C1=C(CN2CCN3C(=O)N(c4ccc(/C=C(\C)C(=O)O)cc4)C[C@@H]3C2)NC(c2nccs2)=NC1. The summed E-state index contributed by atoms with van der Waals surface area (Å²) in [4.78, 5) is 51.4. The first kappa shape index (κ1) is 25.6. The van der Waals surface area contributed by atoms with Crippen LogP contribution in [-0.2, 0) is 14.3 Å². The number of carboxylic acid groups (broad SMARTS) is 1. The maximum Gasteiger partial charge on any atom is 0.337 e. The summed E-state index contributed by atoms with van der Waals surface area (Å²) in [7, 11) is 1.36. The van der Waals surface area contributed by atoms with Gasteiger partial charge in [-0.25, -0.2) is 19.4 Å². The topological polar surface area (TPSA) is 128 Å². The number of nitrogens with one attached hydrogen (secondary N) is 1. The van der Waals surface area contributed by atoms with Crippen LogP contribution in [0.1, 0.15) is 17.5 Å². The number of urea groups is 1. The number of anilines is 1. The van der Waals surface area contributed by atoms with Gasteiger partial charge in [0, 0.05) is 61.3 Å². The van der Waals surface area contributed by atoms with E-state index in [-0.39, 0.29) is 24.2 Å². The van der Waals surface area contributed by atoms with Gasteiger partial charge in [-0.2, -0.15) is 0 Å². The molecule has 12 heteroatoms. The summed E-state index contributed by atoms with van der Waals surface area (Å²) in [5, 5.41) is 15.0. The van der Waals surface area contributed by atoms with Crippen molar-refractivity contribution in [1.82, 2.24) is 20.1 Å². The Labute approximate surface area is 223 Å². The van der Waals surface area contributed by atoms with Gasteiger partial charge in [-0.15, -0.1) is 11.3 Å². The number of carbonyl (C=O) groups is 3. The first-order valence-electron chi connectivity index (χ1n) is 12.2.